The van der Waals surface area contributed by atoms with Gasteiger partial charge < -0.3 is 20.1 Å². The zero-order chi connectivity index (χ0) is 20.9. The highest BCUT2D eigenvalue weighted by atomic mass is 16.5. The molecule has 1 saturated heterocycles. The largest absolute Gasteiger partial charge is 0.491 e. The molecule has 2 aromatic carbocycles. The van der Waals surface area contributed by atoms with Gasteiger partial charge in [-0.2, -0.15) is 5.26 Å². The number of carbonyl (C=O) groups excluding carboxylic acids is 1. The lowest BCUT2D eigenvalue weighted by atomic mass is 10.0. The minimum Gasteiger partial charge on any atom is -0.491 e. The molecular formula is C23H26N4O3. The second kappa shape index (κ2) is 9.16. The number of nitrogens with zero attached hydrogens (tertiary/aromatic N) is 3. The van der Waals surface area contributed by atoms with Gasteiger partial charge in [-0.15, -0.1) is 0 Å². The first-order valence-electron chi connectivity index (χ1n) is 10.3. The van der Waals surface area contributed by atoms with Crippen molar-refractivity contribution < 1.29 is 14.6 Å². The first-order chi connectivity index (χ1) is 14.6. The van der Waals surface area contributed by atoms with E-state index in [2.05, 4.69) is 21.2 Å². The summed E-state index contributed by atoms with van der Waals surface area (Å²) in [5.74, 6) is 0.764. The molecule has 2 aliphatic rings. The van der Waals surface area contributed by atoms with E-state index < -0.39 is 6.10 Å². The van der Waals surface area contributed by atoms with E-state index >= 15 is 0 Å². The number of benzene rings is 2. The number of carbonyl (C=O) groups is 1. The lowest BCUT2D eigenvalue weighted by molar-refractivity contribution is -0.116. The van der Waals surface area contributed by atoms with Gasteiger partial charge in [0.15, 0.2) is 0 Å². The molecule has 1 fully saturated rings. The number of piperazine rings is 1. The van der Waals surface area contributed by atoms with E-state index in [9.17, 15) is 9.90 Å². The molecule has 4 rings (SSSR count). The zero-order valence-corrected chi connectivity index (χ0v) is 16.9. The summed E-state index contributed by atoms with van der Waals surface area (Å²) in [6.07, 6.45) is 0.639. The summed E-state index contributed by atoms with van der Waals surface area (Å²) in [5.41, 5.74) is 3.71. The summed E-state index contributed by atoms with van der Waals surface area (Å²) in [5, 5.41) is 22.2. The van der Waals surface area contributed by atoms with E-state index in [1.807, 2.05) is 42.5 Å². The molecule has 2 aliphatic heterocycles. The lowest BCUT2D eigenvalue weighted by Crippen LogP contribution is -2.49. The number of anilines is 2. The van der Waals surface area contributed by atoms with Gasteiger partial charge in [-0.05, 0) is 54.4 Å². The van der Waals surface area contributed by atoms with E-state index in [4.69, 9.17) is 10.00 Å². The number of amides is 1. The van der Waals surface area contributed by atoms with Gasteiger partial charge >= 0.3 is 0 Å². The maximum atomic E-state index is 11.4. The van der Waals surface area contributed by atoms with Gasteiger partial charge in [-0.25, -0.2) is 0 Å². The second-order valence-electron chi connectivity index (χ2n) is 7.78. The minimum absolute atomic E-state index is 0.0471. The summed E-state index contributed by atoms with van der Waals surface area (Å²) in [4.78, 5) is 16.0. The van der Waals surface area contributed by atoms with E-state index in [-0.39, 0.29) is 12.5 Å². The van der Waals surface area contributed by atoms with Gasteiger partial charge in [-0.3, -0.25) is 9.69 Å². The first-order valence-corrected chi connectivity index (χ1v) is 10.3. The molecule has 0 saturated carbocycles. The van der Waals surface area contributed by atoms with Crippen LogP contribution in [-0.4, -0.2) is 61.3 Å². The molecule has 7 nitrogen and oxygen atoms in total. The van der Waals surface area contributed by atoms with Gasteiger partial charge in [0.2, 0.25) is 5.91 Å². The molecular weight excluding hydrogens is 380 g/mol. The molecule has 1 atom stereocenters. The molecule has 7 heteroatoms. The van der Waals surface area contributed by atoms with Crippen LogP contribution in [0.2, 0.25) is 0 Å². The van der Waals surface area contributed by atoms with Crippen molar-refractivity contribution in [3.8, 4) is 11.8 Å². The molecule has 0 aromatic heterocycles. The van der Waals surface area contributed by atoms with Gasteiger partial charge in [0.25, 0.3) is 0 Å². The molecule has 0 radical (unpaired) electrons. The van der Waals surface area contributed by atoms with Crippen LogP contribution in [0.15, 0.2) is 42.5 Å². The van der Waals surface area contributed by atoms with Crippen LogP contribution in [0, 0.1) is 11.3 Å². The fourth-order valence-corrected chi connectivity index (χ4v) is 3.93. The fraction of sp³-hybridized carbons (Fsp3) is 0.391. The van der Waals surface area contributed by atoms with Crippen LogP contribution in [0.3, 0.4) is 0 Å². The first kappa shape index (κ1) is 20.2. The topological polar surface area (TPSA) is 88.8 Å². The predicted octanol–water partition coefficient (Wildman–Crippen LogP) is 2.00. The third-order valence-corrected chi connectivity index (χ3v) is 5.62. The van der Waals surface area contributed by atoms with Crippen molar-refractivity contribution in [2.24, 2.45) is 0 Å². The number of ether oxygens (including phenoxy) is 1. The molecule has 0 aliphatic carbocycles. The molecule has 2 aromatic rings. The Bertz CT molecular complexity index is 930. The molecule has 0 bridgehead atoms. The molecule has 1 amide bonds. The highest BCUT2D eigenvalue weighted by Crippen LogP contribution is 2.27. The van der Waals surface area contributed by atoms with Gasteiger partial charge in [0.1, 0.15) is 18.5 Å². The number of aryl methyl sites for hydroxylation is 1. The van der Waals surface area contributed by atoms with Crippen molar-refractivity contribution in [3.05, 3.63) is 53.6 Å². The summed E-state index contributed by atoms with van der Waals surface area (Å²) >= 11 is 0. The quantitative estimate of drug-likeness (QED) is 0.763. The zero-order valence-electron chi connectivity index (χ0n) is 16.9. The molecule has 0 unspecified atom stereocenters. The minimum atomic E-state index is -0.567. The average Bonchev–Trinajstić information content (AvgIpc) is 2.78. The number of fused-ring (bicyclic) bond motifs is 1. The van der Waals surface area contributed by atoms with Crippen molar-refractivity contribution in [2.75, 3.05) is 49.5 Å². The molecule has 156 valence electrons. The van der Waals surface area contributed by atoms with Crippen LogP contribution in [0.25, 0.3) is 0 Å². The molecule has 2 heterocycles. The van der Waals surface area contributed by atoms with Crippen LogP contribution >= 0.6 is 0 Å². The van der Waals surface area contributed by atoms with Crippen LogP contribution in [0.1, 0.15) is 17.5 Å². The number of rotatable bonds is 6. The standard InChI is InChI=1S/C23H26N4O3/c24-14-17-1-4-19(5-2-17)27-11-9-26(10-12-27)15-20(28)16-30-21-6-7-22-18(13-21)3-8-23(29)25-22/h1-2,4-7,13,20,28H,3,8-12,15-16H2,(H,25,29)/t20-/m0/s1. The Kier molecular flexibility index (Phi) is 6.17. The maximum Gasteiger partial charge on any atom is 0.224 e. The number of aliphatic hydroxyl groups excluding tert-OH is 1. The Balaban J connectivity index is 1.22. The number of nitrogens with one attached hydrogen (secondary N) is 1. The average molecular weight is 406 g/mol. The van der Waals surface area contributed by atoms with Crippen molar-refractivity contribution in [1.82, 2.24) is 4.90 Å². The Morgan fingerprint density at radius 2 is 1.87 bits per heavy atom. The fourth-order valence-electron chi connectivity index (χ4n) is 3.93. The van der Waals surface area contributed by atoms with Crippen LogP contribution < -0.4 is 15.0 Å². The Morgan fingerprint density at radius 3 is 2.60 bits per heavy atom. The van der Waals surface area contributed by atoms with Gasteiger partial charge in [-0.1, -0.05) is 0 Å². The molecule has 30 heavy (non-hydrogen) atoms. The number of hydrogen-bond acceptors (Lipinski definition) is 6. The van der Waals surface area contributed by atoms with Crippen LogP contribution in [-0.2, 0) is 11.2 Å². The van der Waals surface area contributed by atoms with Gasteiger partial charge in [0.05, 0.1) is 11.6 Å². The summed E-state index contributed by atoms with van der Waals surface area (Å²) in [6, 6.07) is 15.4. The monoisotopic (exact) mass is 406 g/mol. The maximum absolute atomic E-state index is 11.4. The normalized spacial score (nSPS) is 17.6. The summed E-state index contributed by atoms with van der Waals surface area (Å²) in [6.45, 7) is 4.32. The van der Waals surface area contributed by atoms with Crippen LogP contribution in [0.5, 0.6) is 5.75 Å². The van der Waals surface area contributed by atoms with Crippen molar-refractivity contribution >= 4 is 17.3 Å². The molecule has 2 N–H and O–H groups in total. The third-order valence-electron chi connectivity index (χ3n) is 5.62. The van der Waals surface area contributed by atoms with E-state index in [1.54, 1.807) is 0 Å². The summed E-state index contributed by atoms with van der Waals surface area (Å²) in [7, 11) is 0. The van der Waals surface area contributed by atoms with Crippen molar-refractivity contribution in [2.45, 2.75) is 18.9 Å². The number of β-amino-alcohol motifs (C(OH)–C–C–N with tert-alkyl or cyclic N) is 1. The SMILES string of the molecule is N#Cc1ccc(N2CCN(C[C@H](O)COc3ccc4c(c3)CCC(=O)N4)CC2)cc1. The summed E-state index contributed by atoms with van der Waals surface area (Å²) < 4.78 is 5.79. The highest BCUT2D eigenvalue weighted by Gasteiger charge is 2.20. The van der Waals surface area contributed by atoms with Gasteiger partial charge in [0, 0.05) is 50.5 Å². The Labute approximate surface area is 176 Å². The molecule has 0 spiro atoms. The van der Waals surface area contributed by atoms with Crippen LogP contribution in [0.4, 0.5) is 11.4 Å². The highest BCUT2D eigenvalue weighted by molar-refractivity contribution is 5.94. The number of hydrogen-bond donors (Lipinski definition) is 2. The predicted molar refractivity (Wildman–Crippen MR) is 115 cm³/mol. The number of aliphatic hydroxyl groups is 1. The second-order valence-corrected chi connectivity index (χ2v) is 7.78. The Hall–Kier alpha value is -3.08. The smallest absolute Gasteiger partial charge is 0.224 e. The van der Waals surface area contributed by atoms with Crippen molar-refractivity contribution in [3.63, 3.8) is 0 Å². The third kappa shape index (κ3) is 4.90. The lowest BCUT2D eigenvalue weighted by Gasteiger charge is -2.36. The van der Waals surface area contributed by atoms with E-state index in [1.165, 1.54) is 0 Å². The van der Waals surface area contributed by atoms with Crippen molar-refractivity contribution in [1.29, 1.82) is 5.26 Å². The Morgan fingerprint density at radius 1 is 1.10 bits per heavy atom. The van der Waals surface area contributed by atoms with E-state index in [0.29, 0.717) is 24.9 Å². The van der Waals surface area contributed by atoms with E-state index in [0.717, 1.165) is 48.9 Å². The number of nitriles is 1.